The van der Waals surface area contributed by atoms with Crippen molar-refractivity contribution in [2.75, 3.05) is 24.6 Å². The molecule has 2 bridgehead atoms. The Morgan fingerprint density at radius 3 is 2.49 bits per heavy atom. The maximum Gasteiger partial charge on any atom is 0.502 e. The van der Waals surface area contributed by atoms with Crippen molar-refractivity contribution >= 4 is 50.1 Å². The van der Waals surface area contributed by atoms with E-state index in [4.69, 9.17) is 14.5 Å². The highest BCUT2D eigenvalue weighted by atomic mass is 32.1. The van der Waals surface area contributed by atoms with Gasteiger partial charge in [0, 0.05) is 30.2 Å². The average molecular weight is 581 g/mol. The Morgan fingerprint density at radius 2 is 1.87 bits per heavy atom. The van der Waals surface area contributed by atoms with Gasteiger partial charge < -0.3 is 19.1 Å². The molecule has 1 amide bonds. The van der Waals surface area contributed by atoms with Crippen molar-refractivity contribution in [3.05, 3.63) is 23.7 Å². The van der Waals surface area contributed by atoms with Gasteiger partial charge in [-0.2, -0.15) is 8.78 Å². The van der Waals surface area contributed by atoms with Gasteiger partial charge in [0.25, 0.3) is 0 Å². The number of carbonyl (C=O) groups excluding carboxylic acids is 2. The number of thiazole rings is 2. The summed E-state index contributed by atoms with van der Waals surface area (Å²) in [7, 11) is 0. The van der Waals surface area contributed by atoms with Crippen LogP contribution in [0.2, 0.25) is 0 Å². The number of amides is 1. The monoisotopic (exact) mass is 580 g/mol. The van der Waals surface area contributed by atoms with Crippen LogP contribution in [0.5, 0.6) is 5.75 Å². The van der Waals surface area contributed by atoms with Gasteiger partial charge in [-0.05, 0) is 59.1 Å². The highest BCUT2D eigenvalue weighted by molar-refractivity contribution is 7.23. The fourth-order valence-corrected chi connectivity index (χ4v) is 6.83. The molecule has 3 aromatic rings. The Kier molecular flexibility index (Phi) is 7.40. The summed E-state index contributed by atoms with van der Waals surface area (Å²) in [6.45, 7) is 7.87. The van der Waals surface area contributed by atoms with Crippen LogP contribution in [0.1, 0.15) is 47.0 Å². The van der Waals surface area contributed by atoms with E-state index in [1.54, 1.807) is 12.3 Å². The number of benzene rings is 1. The molecule has 0 aliphatic carbocycles. The molecule has 2 aliphatic rings. The standard InChI is InChI=1S/C26H30F2N4O5S2/c1-5-35-22(33)26(27,28)36-18-10-9-17(21-29-11-12-38-21)20-19(18)30-23(39-20)31-13-15-7-6-8-16(14-31)32(15)24(34)37-25(2,3)4/h9-12,15-16H,5-8,13-14H2,1-4H3. The highest BCUT2D eigenvalue weighted by Gasteiger charge is 2.45. The van der Waals surface area contributed by atoms with Crippen LogP contribution in [0.25, 0.3) is 20.8 Å². The molecule has 2 atom stereocenters. The third kappa shape index (κ3) is 5.65. The summed E-state index contributed by atoms with van der Waals surface area (Å²) in [5.74, 6) is -1.98. The number of rotatable bonds is 6. The van der Waals surface area contributed by atoms with E-state index in [1.165, 1.54) is 35.7 Å². The van der Waals surface area contributed by atoms with Crippen LogP contribution in [-0.2, 0) is 14.3 Å². The fraction of sp³-hybridized carbons (Fsp3) is 0.538. The number of hydrogen-bond donors (Lipinski definition) is 0. The lowest BCUT2D eigenvalue weighted by Gasteiger charge is -2.49. The van der Waals surface area contributed by atoms with Crippen LogP contribution >= 0.6 is 22.7 Å². The minimum Gasteiger partial charge on any atom is -0.459 e. The molecule has 9 nitrogen and oxygen atoms in total. The van der Waals surface area contributed by atoms with Gasteiger partial charge >= 0.3 is 18.2 Å². The van der Waals surface area contributed by atoms with Gasteiger partial charge in [0.05, 0.1) is 23.4 Å². The normalized spacial score (nSPS) is 19.7. The van der Waals surface area contributed by atoms with Crippen LogP contribution in [0, 0.1) is 0 Å². The van der Waals surface area contributed by atoms with Crippen molar-refractivity contribution in [2.24, 2.45) is 0 Å². The van der Waals surface area contributed by atoms with Crippen molar-refractivity contribution in [3.8, 4) is 16.3 Å². The summed E-state index contributed by atoms with van der Waals surface area (Å²) < 4.78 is 44.8. The molecular formula is C26H30F2N4O5S2. The first-order valence-corrected chi connectivity index (χ1v) is 14.5. The van der Waals surface area contributed by atoms with E-state index >= 15 is 0 Å². The van der Waals surface area contributed by atoms with E-state index in [1.807, 2.05) is 31.1 Å². The lowest BCUT2D eigenvalue weighted by atomic mass is 9.92. The zero-order valence-electron chi connectivity index (χ0n) is 22.1. The molecule has 2 fully saturated rings. The van der Waals surface area contributed by atoms with Crippen LogP contribution in [0.4, 0.5) is 18.7 Å². The van der Waals surface area contributed by atoms with Crippen molar-refractivity contribution in [3.63, 3.8) is 0 Å². The predicted molar refractivity (Wildman–Crippen MR) is 145 cm³/mol. The second-order valence-corrected chi connectivity index (χ2v) is 12.4. The summed E-state index contributed by atoms with van der Waals surface area (Å²) >= 11 is 2.77. The first kappa shape index (κ1) is 27.5. The second-order valence-electron chi connectivity index (χ2n) is 10.5. The summed E-state index contributed by atoms with van der Waals surface area (Å²) in [5, 5.41) is 3.17. The quantitative estimate of drug-likeness (QED) is 0.331. The molecule has 0 spiro atoms. The number of carbonyl (C=O) groups is 2. The molecule has 0 saturated carbocycles. The molecule has 5 rings (SSSR count). The number of piperazine rings is 1. The maximum atomic E-state index is 14.6. The number of fused-ring (bicyclic) bond motifs is 3. The van der Waals surface area contributed by atoms with E-state index in [9.17, 15) is 18.4 Å². The van der Waals surface area contributed by atoms with E-state index in [0.29, 0.717) is 27.9 Å². The van der Waals surface area contributed by atoms with E-state index < -0.39 is 17.7 Å². The Hall–Kier alpha value is -3.06. The molecule has 1 aromatic carbocycles. The number of piperidine rings is 1. The average Bonchev–Trinajstić information content (AvgIpc) is 3.53. The number of halogens is 2. The van der Waals surface area contributed by atoms with Gasteiger partial charge in [-0.1, -0.05) is 11.3 Å². The third-order valence-corrected chi connectivity index (χ3v) is 8.46. The molecule has 0 N–H and O–H groups in total. The SMILES string of the molecule is CCOC(=O)C(F)(F)Oc1ccc(-c2nccs2)c2sc(N3CC4CCCC(C3)N4C(=O)OC(C)(C)C)nc12. The van der Waals surface area contributed by atoms with Crippen LogP contribution in [0.15, 0.2) is 23.7 Å². The molecule has 210 valence electrons. The zero-order chi connectivity index (χ0) is 27.9. The van der Waals surface area contributed by atoms with Gasteiger partial charge in [-0.3, -0.25) is 4.90 Å². The van der Waals surface area contributed by atoms with Crippen LogP contribution in [0.3, 0.4) is 0 Å². The predicted octanol–water partition coefficient (Wildman–Crippen LogP) is 5.93. The van der Waals surface area contributed by atoms with Gasteiger partial charge in [0.1, 0.15) is 16.1 Å². The Morgan fingerprint density at radius 1 is 1.15 bits per heavy atom. The molecule has 2 saturated heterocycles. The molecule has 2 aromatic heterocycles. The fourth-order valence-electron chi connectivity index (χ4n) is 4.99. The zero-order valence-corrected chi connectivity index (χ0v) is 23.7. The van der Waals surface area contributed by atoms with Crippen molar-refractivity contribution < 1.29 is 32.6 Å². The van der Waals surface area contributed by atoms with Crippen molar-refractivity contribution in [1.29, 1.82) is 0 Å². The lowest BCUT2D eigenvalue weighted by Crippen LogP contribution is -2.63. The summed E-state index contributed by atoms with van der Waals surface area (Å²) in [6, 6.07) is 2.92. The number of ether oxygens (including phenoxy) is 3. The number of anilines is 1. The summed E-state index contributed by atoms with van der Waals surface area (Å²) in [6.07, 6.45) is -0.139. The molecular weight excluding hydrogens is 550 g/mol. The lowest BCUT2D eigenvalue weighted by molar-refractivity contribution is -0.216. The highest BCUT2D eigenvalue weighted by Crippen LogP contribution is 2.44. The van der Waals surface area contributed by atoms with Crippen molar-refractivity contribution in [2.45, 2.75) is 70.8 Å². The molecule has 4 heterocycles. The Labute approximate surface area is 232 Å². The minimum atomic E-state index is -4.18. The summed E-state index contributed by atoms with van der Waals surface area (Å²) in [4.78, 5) is 37.9. The number of alkyl halides is 2. The first-order valence-electron chi connectivity index (χ1n) is 12.8. The Bertz CT molecular complexity index is 1340. The first-order chi connectivity index (χ1) is 18.5. The topological polar surface area (TPSA) is 94.1 Å². The van der Waals surface area contributed by atoms with Gasteiger partial charge in [-0.25, -0.2) is 19.6 Å². The van der Waals surface area contributed by atoms with E-state index in [0.717, 1.165) is 24.8 Å². The number of esters is 1. The molecule has 13 heteroatoms. The Balaban J connectivity index is 1.49. The number of aromatic nitrogens is 2. The number of hydrogen-bond acceptors (Lipinski definition) is 10. The third-order valence-electron chi connectivity index (χ3n) is 6.51. The molecule has 0 radical (unpaired) electrons. The maximum absolute atomic E-state index is 14.6. The molecule has 2 unspecified atom stereocenters. The van der Waals surface area contributed by atoms with Crippen LogP contribution in [-0.4, -0.2) is 70.4 Å². The minimum absolute atomic E-state index is 0.0540. The summed E-state index contributed by atoms with van der Waals surface area (Å²) in [5.41, 5.74) is 0.360. The molecule has 39 heavy (non-hydrogen) atoms. The van der Waals surface area contributed by atoms with Gasteiger partial charge in [0.15, 0.2) is 10.9 Å². The van der Waals surface area contributed by atoms with Crippen molar-refractivity contribution in [1.82, 2.24) is 14.9 Å². The van der Waals surface area contributed by atoms with Gasteiger partial charge in [0.2, 0.25) is 0 Å². The second kappa shape index (κ2) is 10.5. The van der Waals surface area contributed by atoms with Crippen LogP contribution < -0.4 is 9.64 Å². The largest absolute Gasteiger partial charge is 0.502 e. The van der Waals surface area contributed by atoms with Gasteiger partial charge in [-0.15, -0.1) is 11.3 Å². The van der Waals surface area contributed by atoms with E-state index in [-0.39, 0.29) is 36.1 Å². The molecule has 2 aliphatic heterocycles. The smallest absolute Gasteiger partial charge is 0.459 e. The number of nitrogens with zero attached hydrogens (tertiary/aromatic N) is 4. The van der Waals surface area contributed by atoms with E-state index in [2.05, 4.69) is 14.6 Å².